The van der Waals surface area contributed by atoms with E-state index in [4.69, 9.17) is 0 Å². The van der Waals surface area contributed by atoms with Crippen LogP contribution in [0.1, 0.15) is 58.3 Å². The number of hydrogen-bond donors (Lipinski definition) is 0. The van der Waals surface area contributed by atoms with Crippen molar-refractivity contribution in [1.29, 1.82) is 0 Å². The number of aldehydes is 1. The third-order valence-electron chi connectivity index (χ3n) is 4.96. The first-order chi connectivity index (χ1) is 8.33. The summed E-state index contributed by atoms with van der Waals surface area (Å²) in [6.45, 7) is 2.13. The van der Waals surface area contributed by atoms with Crippen molar-refractivity contribution in [2.45, 2.75) is 58.3 Å². The summed E-state index contributed by atoms with van der Waals surface area (Å²) < 4.78 is 0. The molecule has 2 aliphatic rings. The highest BCUT2D eigenvalue weighted by atomic mass is 16.1. The summed E-state index contributed by atoms with van der Waals surface area (Å²) in [5.41, 5.74) is 0. The Morgan fingerprint density at radius 1 is 0.765 bits per heavy atom. The van der Waals surface area contributed by atoms with Crippen molar-refractivity contribution in [2.24, 2.45) is 23.7 Å². The van der Waals surface area contributed by atoms with Crippen molar-refractivity contribution in [1.82, 2.24) is 0 Å². The highest BCUT2D eigenvalue weighted by Gasteiger charge is 2.29. The molecule has 96 valence electrons. The minimum atomic E-state index is 0.380. The van der Waals surface area contributed by atoms with Crippen LogP contribution in [-0.4, -0.2) is 6.29 Å². The van der Waals surface area contributed by atoms with Gasteiger partial charge in [-0.25, -0.2) is 0 Å². The quantitative estimate of drug-likeness (QED) is 0.523. The second kappa shape index (κ2) is 6.37. The summed E-state index contributed by atoms with van der Waals surface area (Å²) in [5, 5.41) is 0. The molecule has 2 saturated carbocycles. The van der Waals surface area contributed by atoms with Gasteiger partial charge >= 0.3 is 0 Å². The molecule has 2 aliphatic carbocycles. The zero-order valence-electron chi connectivity index (χ0n) is 11.1. The van der Waals surface area contributed by atoms with Crippen LogP contribution in [0.15, 0.2) is 12.2 Å². The first-order valence-electron chi connectivity index (χ1n) is 7.41. The van der Waals surface area contributed by atoms with Gasteiger partial charge in [0, 0.05) is 5.92 Å². The average molecular weight is 234 g/mol. The van der Waals surface area contributed by atoms with Crippen LogP contribution in [0.5, 0.6) is 0 Å². The molecule has 1 nitrogen and oxygen atoms in total. The summed E-state index contributed by atoms with van der Waals surface area (Å²) in [7, 11) is 0. The van der Waals surface area contributed by atoms with E-state index in [-0.39, 0.29) is 0 Å². The van der Waals surface area contributed by atoms with Crippen LogP contribution < -0.4 is 0 Å². The molecule has 0 heterocycles. The molecule has 0 saturated heterocycles. The van der Waals surface area contributed by atoms with E-state index in [1.165, 1.54) is 44.8 Å². The lowest BCUT2D eigenvalue weighted by Gasteiger charge is -2.36. The zero-order chi connectivity index (χ0) is 12.1. The van der Waals surface area contributed by atoms with E-state index in [2.05, 4.69) is 19.1 Å². The lowest BCUT2D eigenvalue weighted by atomic mass is 9.69. The second-order valence-corrected chi connectivity index (χ2v) is 6.01. The number of hydrogen-bond acceptors (Lipinski definition) is 1. The Bertz CT molecular complexity index is 253. The third kappa shape index (κ3) is 3.43. The van der Waals surface area contributed by atoms with E-state index in [1.807, 2.05) is 0 Å². The van der Waals surface area contributed by atoms with Gasteiger partial charge in [-0.2, -0.15) is 0 Å². The molecule has 0 unspecified atom stereocenters. The predicted octanol–water partition coefficient (Wildman–Crippen LogP) is 4.37. The summed E-state index contributed by atoms with van der Waals surface area (Å²) in [5.74, 6) is 3.12. The second-order valence-electron chi connectivity index (χ2n) is 6.01. The predicted molar refractivity (Wildman–Crippen MR) is 71.8 cm³/mol. The lowest BCUT2D eigenvalue weighted by Crippen LogP contribution is -2.25. The number of carbonyl (C=O) groups excluding carboxylic acids is 1. The summed E-state index contributed by atoms with van der Waals surface area (Å²) in [6.07, 6.45) is 16.3. The van der Waals surface area contributed by atoms with Crippen LogP contribution in [0.3, 0.4) is 0 Å². The molecule has 17 heavy (non-hydrogen) atoms. The molecule has 0 N–H and O–H groups in total. The fourth-order valence-electron chi connectivity index (χ4n) is 3.83. The molecule has 0 radical (unpaired) electrons. The molecule has 0 aromatic heterocycles. The van der Waals surface area contributed by atoms with Gasteiger partial charge in [0.1, 0.15) is 6.29 Å². The third-order valence-corrected chi connectivity index (χ3v) is 4.96. The van der Waals surface area contributed by atoms with Gasteiger partial charge in [-0.05, 0) is 76.0 Å². The normalized spacial score (nSPS) is 39.4. The Balaban J connectivity index is 1.76. The molecular formula is C16H26O. The fraction of sp³-hybridized carbons (Fsp3) is 0.812. The SMILES string of the molecule is CC=CC1CCC(C2CCC(C=O)CC2)CC1. The minimum absolute atomic E-state index is 0.380. The van der Waals surface area contributed by atoms with Gasteiger partial charge in [-0.15, -0.1) is 0 Å². The van der Waals surface area contributed by atoms with E-state index < -0.39 is 0 Å². The molecule has 0 spiro atoms. The summed E-state index contributed by atoms with van der Waals surface area (Å²) in [6, 6.07) is 0. The van der Waals surface area contributed by atoms with Gasteiger partial charge in [0.25, 0.3) is 0 Å². The van der Waals surface area contributed by atoms with Crippen molar-refractivity contribution < 1.29 is 4.79 Å². The summed E-state index contributed by atoms with van der Waals surface area (Å²) in [4.78, 5) is 10.8. The molecular weight excluding hydrogens is 208 g/mol. The number of rotatable bonds is 3. The van der Waals surface area contributed by atoms with Gasteiger partial charge in [0.2, 0.25) is 0 Å². The topological polar surface area (TPSA) is 17.1 Å². The Hall–Kier alpha value is -0.590. The van der Waals surface area contributed by atoms with Crippen LogP contribution in [-0.2, 0) is 4.79 Å². The number of carbonyl (C=O) groups is 1. The first-order valence-corrected chi connectivity index (χ1v) is 7.41. The Kier molecular flexibility index (Phi) is 4.82. The Morgan fingerprint density at radius 2 is 1.24 bits per heavy atom. The smallest absolute Gasteiger partial charge is 0.123 e. The molecule has 0 aliphatic heterocycles. The molecule has 0 aromatic carbocycles. The Labute approximate surface area is 106 Å². The van der Waals surface area contributed by atoms with Crippen molar-refractivity contribution in [2.75, 3.05) is 0 Å². The van der Waals surface area contributed by atoms with Crippen LogP contribution >= 0.6 is 0 Å². The number of allylic oxidation sites excluding steroid dienone is 2. The van der Waals surface area contributed by atoms with Gasteiger partial charge in [-0.3, -0.25) is 0 Å². The maximum Gasteiger partial charge on any atom is 0.123 e. The van der Waals surface area contributed by atoms with E-state index in [1.54, 1.807) is 0 Å². The Morgan fingerprint density at radius 3 is 1.65 bits per heavy atom. The molecule has 0 atom stereocenters. The fourth-order valence-corrected chi connectivity index (χ4v) is 3.83. The van der Waals surface area contributed by atoms with Crippen LogP contribution in [0.25, 0.3) is 0 Å². The lowest BCUT2D eigenvalue weighted by molar-refractivity contribution is -0.112. The summed E-state index contributed by atoms with van der Waals surface area (Å²) >= 11 is 0. The van der Waals surface area contributed by atoms with Crippen molar-refractivity contribution in [3.05, 3.63) is 12.2 Å². The molecule has 0 aromatic rings. The highest BCUT2D eigenvalue weighted by Crippen LogP contribution is 2.41. The minimum Gasteiger partial charge on any atom is -0.303 e. The van der Waals surface area contributed by atoms with Gasteiger partial charge in [0.05, 0.1) is 0 Å². The maximum absolute atomic E-state index is 10.8. The molecule has 2 rings (SSSR count). The van der Waals surface area contributed by atoms with E-state index in [0.717, 1.165) is 30.6 Å². The van der Waals surface area contributed by atoms with Crippen molar-refractivity contribution in [3.8, 4) is 0 Å². The highest BCUT2D eigenvalue weighted by molar-refractivity contribution is 5.53. The van der Waals surface area contributed by atoms with Crippen LogP contribution in [0.4, 0.5) is 0 Å². The van der Waals surface area contributed by atoms with Gasteiger partial charge in [-0.1, -0.05) is 12.2 Å². The van der Waals surface area contributed by atoms with E-state index in [0.29, 0.717) is 5.92 Å². The van der Waals surface area contributed by atoms with Crippen molar-refractivity contribution in [3.63, 3.8) is 0 Å². The molecule has 1 heteroatoms. The molecule has 0 bridgehead atoms. The van der Waals surface area contributed by atoms with Gasteiger partial charge < -0.3 is 4.79 Å². The van der Waals surface area contributed by atoms with Gasteiger partial charge in [0.15, 0.2) is 0 Å². The first kappa shape index (κ1) is 12.9. The van der Waals surface area contributed by atoms with E-state index in [9.17, 15) is 4.79 Å². The van der Waals surface area contributed by atoms with E-state index >= 15 is 0 Å². The van der Waals surface area contributed by atoms with Crippen molar-refractivity contribution >= 4 is 6.29 Å². The molecule has 0 amide bonds. The zero-order valence-corrected chi connectivity index (χ0v) is 11.1. The largest absolute Gasteiger partial charge is 0.303 e. The maximum atomic E-state index is 10.8. The monoisotopic (exact) mass is 234 g/mol. The molecule has 2 fully saturated rings. The standard InChI is InChI=1S/C16H26O/c1-2-3-13-4-8-15(9-5-13)16-10-6-14(12-17)7-11-16/h2-3,12-16H,4-11H2,1H3. The van der Waals surface area contributed by atoms with Crippen LogP contribution in [0.2, 0.25) is 0 Å². The average Bonchev–Trinajstić information content (AvgIpc) is 2.40. The van der Waals surface area contributed by atoms with Crippen LogP contribution in [0, 0.1) is 23.7 Å².